The molecule has 16 heavy (non-hydrogen) atoms. The molecule has 0 aromatic rings. The van der Waals surface area contributed by atoms with Crippen molar-refractivity contribution in [1.82, 2.24) is 4.90 Å². The molecule has 0 aliphatic carbocycles. The summed E-state index contributed by atoms with van der Waals surface area (Å²) >= 11 is 0. The first-order chi connectivity index (χ1) is 7.18. The van der Waals surface area contributed by atoms with Gasteiger partial charge in [0.25, 0.3) is 0 Å². The molecule has 0 spiro atoms. The second-order valence-corrected chi connectivity index (χ2v) is 3.23. The smallest absolute Gasteiger partial charge is 0.403 e. The van der Waals surface area contributed by atoms with Crippen molar-refractivity contribution in [2.45, 2.75) is 13.1 Å². The lowest BCUT2D eigenvalue weighted by molar-refractivity contribution is -0.196. The Hall–Kier alpha value is -1.31. The van der Waals surface area contributed by atoms with Crippen molar-refractivity contribution in [3.63, 3.8) is 0 Å². The van der Waals surface area contributed by atoms with Crippen LogP contribution in [0.1, 0.15) is 6.92 Å². The summed E-state index contributed by atoms with van der Waals surface area (Å²) in [7, 11) is 0. The minimum Gasteiger partial charge on any atom is -0.481 e. The molecule has 0 aliphatic heterocycles. The Labute approximate surface area is 90.0 Å². The molecule has 94 valence electrons. The molecule has 0 aromatic heterocycles. The first-order valence-electron chi connectivity index (χ1n) is 4.48. The van der Waals surface area contributed by atoms with Crippen molar-refractivity contribution in [3.05, 3.63) is 0 Å². The van der Waals surface area contributed by atoms with Gasteiger partial charge in [0.05, 0.1) is 6.54 Å². The zero-order chi connectivity index (χ0) is 12.9. The van der Waals surface area contributed by atoms with Gasteiger partial charge in [-0.05, 0) is 6.54 Å². The third-order valence-electron chi connectivity index (χ3n) is 1.96. The molecule has 1 atom stereocenters. The van der Waals surface area contributed by atoms with Crippen LogP contribution in [0.25, 0.3) is 0 Å². The number of carboxylic acids is 1. The monoisotopic (exact) mass is 242 g/mol. The number of carbonyl (C=O) groups excluding carboxylic acids is 1. The van der Waals surface area contributed by atoms with Gasteiger partial charge in [0.1, 0.15) is 0 Å². The number of hydrogen-bond acceptors (Lipinski definition) is 3. The van der Waals surface area contributed by atoms with Gasteiger partial charge in [-0.25, -0.2) is 0 Å². The Bertz CT molecular complexity index is 268. The van der Waals surface area contributed by atoms with E-state index in [1.54, 1.807) is 0 Å². The van der Waals surface area contributed by atoms with Crippen molar-refractivity contribution < 1.29 is 27.9 Å². The van der Waals surface area contributed by atoms with Crippen LogP contribution in [0.3, 0.4) is 0 Å². The van der Waals surface area contributed by atoms with Crippen molar-refractivity contribution in [2.75, 3.05) is 19.6 Å². The Morgan fingerprint density at radius 3 is 2.19 bits per heavy atom. The number of aliphatic carboxylic acids is 1. The minimum atomic E-state index is -4.84. The van der Waals surface area contributed by atoms with E-state index in [1.807, 2.05) is 0 Å². The van der Waals surface area contributed by atoms with Gasteiger partial charge in [0, 0.05) is 6.54 Å². The number of nitrogens with two attached hydrogens (primary N) is 1. The molecular weight excluding hydrogens is 229 g/mol. The highest BCUT2D eigenvalue weighted by molar-refractivity contribution is 5.76. The molecule has 1 amide bonds. The van der Waals surface area contributed by atoms with Crippen LogP contribution >= 0.6 is 0 Å². The van der Waals surface area contributed by atoms with Gasteiger partial charge in [-0.1, -0.05) is 6.92 Å². The highest BCUT2D eigenvalue weighted by Gasteiger charge is 2.45. The van der Waals surface area contributed by atoms with Gasteiger partial charge in [-0.15, -0.1) is 0 Å². The fourth-order valence-corrected chi connectivity index (χ4v) is 1.11. The van der Waals surface area contributed by atoms with E-state index in [4.69, 9.17) is 10.8 Å². The summed E-state index contributed by atoms with van der Waals surface area (Å²) in [5.74, 6) is -5.27. The maximum absolute atomic E-state index is 12.3. The molecule has 8 heteroatoms. The number of carboxylic acid groups (broad SMARTS) is 1. The Morgan fingerprint density at radius 2 is 1.94 bits per heavy atom. The Balaban J connectivity index is 4.60. The summed E-state index contributed by atoms with van der Waals surface area (Å²) < 4.78 is 36.8. The average Bonchev–Trinajstić information content (AvgIpc) is 2.08. The average molecular weight is 242 g/mol. The second-order valence-electron chi connectivity index (χ2n) is 3.23. The molecule has 0 rings (SSSR count). The standard InChI is InChI=1S/C8H13F3N2O3/c1-2-13(4-6(12)14)3-5(7(15)16)8(9,10)11/h5H,2-4H2,1H3,(H2,12,14)(H,15,16). The van der Waals surface area contributed by atoms with E-state index in [-0.39, 0.29) is 6.54 Å². The fourth-order valence-electron chi connectivity index (χ4n) is 1.11. The second kappa shape index (κ2) is 5.69. The van der Waals surface area contributed by atoms with Crippen molar-refractivity contribution in [1.29, 1.82) is 0 Å². The molecule has 0 heterocycles. The first kappa shape index (κ1) is 14.7. The summed E-state index contributed by atoms with van der Waals surface area (Å²) in [6.07, 6.45) is -4.84. The van der Waals surface area contributed by atoms with Gasteiger partial charge in [0.2, 0.25) is 5.91 Å². The molecule has 0 radical (unpaired) electrons. The minimum absolute atomic E-state index is 0.114. The van der Waals surface area contributed by atoms with Crippen LogP contribution in [0.5, 0.6) is 0 Å². The molecular formula is C8H13F3N2O3. The van der Waals surface area contributed by atoms with Crippen LogP contribution in [0, 0.1) is 5.92 Å². The molecule has 0 fully saturated rings. The van der Waals surface area contributed by atoms with Crippen LogP contribution < -0.4 is 5.73 Å². The van der Waals surface area contributed by atoms with Crippen LogP contribution in [-0.4, -0.2) is 47.7 Å². The summed E-state index contributed by atoms with van der Waals surface area (Å²) in [5, 5.41) is 8.42. The SMILES string of the molecule is CCN(CC(N)=O)CC(C(=O)O)C(F)(F)F. The van der Waals surface area contributed by atoms with Gasteiger partial charge in [0.15, 0.2) is 5.92 Å². The number of amides is 1. The summed E-state index contributed by atoms with van der Waals surface area (Å²) in [4.78, 5) is 22.0. The Kier molecular flexibility index (Phi) is 5.22. The molecule has 0 aromatic carbocycles. The van der Waals surface area contributed by atoms with Crippen LogP contribution in [0.2, 0.25) is 0 Å². The largest absolute Gasteiger partial charge is 0.481 e. The first-order valence-corrected chi connectivity index (χ1v) is 4.48. The third kappa shape index (κ3) is 4.96. The maximum Gasteiger partial charge on any atom is 0.403 e. The fraction of sp³-hybridized carbons (Fsp3) is 0.750. The Morgan fingerprint density at radius 1 is 1.44 bits per heavy atom. The number of alkyl halides is 3. The van der Waals surface area contributed by atoms with E-state index in [9.17, 15) is 22.8 Å². The van der Waals surface area contributed by atoms with Crippen LogP contribution in [0.4, 0.5) is 13.2 Å². The number of carbonyl (C=O) groups is 2. The molecule has 3 N–H and O–H groups in total. The third-order valence-corrected chi connectivity index (χ3v) is 1.96. The normalized spacial score (nSPS) is 13.8. The highest BCUT2D eigenvalue weighted by atomic mass is 19.4. The van der Waals surface area contributed by atoms with Gasteiger partial charge < -0.3 is 10.8 Å². The molecule has 1 unspecified atom stereocenters. The van der Waals surface area contributed by atoms with Gasteiger partial charge >= 0.3 is 12.1 Å². The number of primary amides is 1. The van der Waals surface area contributed by atoms with E-state index < -0.39 is 37.1 Å². The summed E-state index contributed by atoms with van der Waals surface area (Å²) in [5.41, 5.74) is 4.82. The predicted octanol–water partition coefficient (Wildman–Crippen LogP) is 0.0567. The molecule has 0 aliphatic rings. The van der Waals surface area contributed by atoms with E-state index in [0.717, 1.165) is 4.90 Å². The molecule has 0 saturated carbocycles. The van der Waals surface area contributed by atoms with E-state index in [1.165, 1.54) is 6.92 Å². The van der Waals surface area contributed by atoms with Crippen molar-refractivity contribution in [2.24, 2.45) is 11.7 Å². The van der Waals surface area contributed by atoms with Crippen LogP contribution in [-0.2, 0) is 9.59 Å². The van der Waals surface area contributed by atoms with Crippen molar-refractivity contribution in [3.8, 4) is 0 Å². The lowest BCUT2D eigenvalue weighted by Crippen LogP contribution is -2.44. The summed E-state index contributed by atoms with van der Waals surface area (Å²) in [6.45, 7) is 0.454. The molecule has 0 bridgehead atoms. The van der Waals surface area contributed by atoms with E-state index >= 15 is 0 Å². The van der Waals surface area contributed by atoms with Crippen LogP contribution in [0.15, 0.2) is 0 Å². The number of halogens is 3. The maximum atomic E-state index is 12.3. The summed E-state index contributed by atoms with van der Waals surface area (Å²) in [6, 6.07) is 0. The number of hydrogen-bond donors (Lipinski definition) is 2. The lowest BCUT2D eigenvalue weighted by atomic mass is 10.1. The zero-order valence-electron chi connectivity index (χ0n) is 8.62. The molecule has 0 saturated heterocycles. The highest BCUT2D eigenvalue weighted by Crippen LogP contribution is 2.27. The van der Waals surface area contributed by atoms with E-state index in [0.29, 0.717) is 0 Å². The molecule has 5 nitrogen and oxygen atoms in total. The van der Waals surface area contributed by atoms with Gasteiger partial charge in [-0.2, -0.15) is 13.2 Å². The van der Waals surface area contributed by atoms with Gasteiger partial charge in [-0.3, -0.25) is 14.5 Å². The predicted molar refractivity (Wildman–Crippen MR) is 48.5 cm³/mol. The quantitative estimate of drug-likeness (QED) is 0.689. The zero-order valence-corrected chi connectivity index (χ0v) is 8.62. The lowest BCUT2D eigenvalue weighted by Gasteiger charge is -2.24. The number of nitrogens with zero attached hydrogens (tertiary/aromatic N) is 1. The topological polar surface area (TPSA) is 83.6 Å². The van der Waals surface area contributed by atoms with Crippen molar-refractivity contribution >= 4 is 11.9 Å². The number of likely N-dealkylation sites (N-methyl/N-ethyl adjacent to an activating group) is 1. The number of rotatable bonds is 6. The van der Waals surface area contributed by atoms with E-state index in [2.05, 4.69) is 0 Å².